The molecule has 1 aromatic heterocycles. The molecule has 1 saturated heterocycles. The molecule has 5 rings (SSSR count). The minimum absolute atomic E-state index is 0.136. The number of nitriles is 1. The Morgan fingerprint density at radius 2 is 1.87 bits per heavy atom. The molecule has 8 heteroatoms. The summed E-state index contributed by atoms with van der Waals surface area (Å²) in [5.41, 5.74) is 1.60. The second-order valence-corrected chi connectivity index (χ2v) is 8.22. The number of nitrogens with one attached hydrogen (secondary N) is 1. The summed E-state index contributed by atoms with van der Waals surface area (Å²) in [6.07, 6.45) is 2.46. The Hall–Kier alpha value is -3.73. The van der Waals surface area contributed by atoms with E-state index in [0.717, 1.165) is 18.4 Å². The number of halogens is 1. The molecule has 7 nitrogen and oxygen atoms in total. The summed E-state index contributed by atoms with van der Waals surface area (Å²) in [5, 5.41) is 15.4. The first-order valence-electron chi connectivity index (χ1n) is 10.3. The molecule has 0 bridgehead atoms. The summed E-state index contributed by atoms with van der Waals surface area (Å²) < 4.78 is 16.3. The van der Waals surface area contributed by atoms with Gasteiger partial charge in [0.05, 0.1) is 17.3 Å². The van der Waals surface area contributed by atoms with Crippen LogP contribution < -0.4 is 5.69 Å². The lowest BCUT2D eigenvalue weighted by Gasteiger charge is -2.39. The van der Waals surface area contributed by atoms with E-state index in [2.05, 4.69) is 16.3 Å². The van der Waals surface area contributed by atoms with E-state index in [9.17, 15) is 14.0 Å². The number of carbonyl (C=O) groups is 1. The van der Waals surface area contributed by atoms with Crippen molar-refractivity contribution in [3.05, 3.63) is 70.2 Å². The number of H-pyrrole nitrogens is 1. The highest BCUT2D eigenvalue weighted by Gasteiger charge is 2.39. The van der Waals surface area contributed by atoms with E-state index in [-0.39, 0.29) is 23.4 Å². The highest BCUT2D eigenvalue weighted by molar-refractivity contribution is 5.81. The van der Waals surface area contributed by atoms with E-state index in [4.69, 9.17) is 5.26 Å². The fourth-order valence-electron chi connectivity index (χ4n) is 4.05. The number of carbonyl (C=O) groups excluding carboxylic acids is 1. The van der Waals surface area contributed by atoms with Gasteiger partial charge in [-0.2, -0.15) is 10.4 Å². The van der Waals surface area contributed by atoms with Crippen molar-refractivity contribution in [2.75, 3.05) is 13.1 Å². The zero-order chi connectivity index (χ0) is 21.5. The van der Waals surface area contributed by atoms with Crippen LogP contribution >= 0.6 is 0 Å². The van der Waals surface area contributed by atoms with Crippen LogP contribution in [0.4, 0.5) is 4.39 Å². The molecule has 31 heavy (non-hydrogen) atoms. The topological polar surface area (TPSA) is 94.8 Å². The summed E-state index contributed by atoms with van der Waals surface area (Å²) in [6, 6.07) is 13.6. The Kier molecular flexibility index (Phi) is 4.66. The summed E-state index contributed by atoms with van der Waals surface area (Å²) in [5.74, 6) is 0.551. The van der Waals surface area contributed by atoms with Gasteiger partial charge in [0.15, 0.2) is 0 Å². The molecule has 156 valence electrons. The van der Waals surface area contributed by atoms with Gasteiger partial charge in [-0.15, -0.1) is 0 Å². The van der Waals surface area contributed by atoms with Gasteiger partial charge in [0.25, 0.3) is 0 Å². The third kappa shape index (κ3) is 3.63. The van der Waals surface area contributed by atoms with Crippen LogP contribution in [0.2, 0.25) is 0 Å². The maximum atomic E-state index is 15.0. The first-order valence-corrected chi connectivity index (χ1v) is 10.3. The first kappa shape index (κ1) is 19.2. The number of benzene rings is 2. The lowest BCUT2D eigenvalue weighted by molar-refractivity contribution is -0.138. The lowest BCUT2D eigenvalue weighted by Crippen LogP contribution is -2.51. The van der Waals surface area contributed by atoms with Crippen molar-refractivity contribution in [3.8, 4) is 22.9 Å². The van der Waals surface area contributed by atoms with Crippen molar-refractivity contribution in [2.24, 2.45) is 11.8 Å². The van der Waals surface area contributed by atoms with Crippen LogP contribution in [0.1, 0.15) is 24.2 Å². The number of hydrogen-bond donors (Lipinski definition) is 1. The first-order chi connectivity index (χ1) is 15.0. The molecule has 1 amide bonds. The third-order valence-electron chi connectivity index (χ3n) is 5.94. The van der Waals surface area contributed by atoms with Crippen molar-refractivity contribution >= 4 is 5.91 Å². The average Bonchev–Trinajstić information content (AvgIpc) is 3.54. The van der Waals surface area contributed by atoms with Gasteiger partial charge < -0.3 is 4.90 Å². The second-order valence-electron chi connectivity index (χ2n) is 8.22. The molecule has 1 N–H and O–H groups in total. The number of amides is 1. The maximum absolute atomic E-state index is 15.0. The Balaban J connectivity index is 1.35. The SMILES string of the molecule is N#Cc1ccc(-c2ccc(-n3c(CC4CN(C(=O)C5CC5)C4)n[nH]c3=O)c(F)c2)cc1. The fourth-order valence-corrected chi connectivity index (χ4v) is 4.05. The average molecular weight is 417 g/mol. The quantitative estimate of drug-likeness (QED) is 0.691. The van der Waals surface area contributed by atoms with Crippen molar-refractivity contribution in [3.63, 3.8) is 0 Å². The van der Waals surface area contributed by atoms with Crippen LogP contribution in [0, 0.1) is 29.0 Å². The highest BCUT2D eigenvalue weighted by Crippen LogP contribution is 2.34. The van der Waals surface area contributed by atoms with Gasteiger partial charge in [-0.1, -0.05) is 18.2 Å². The number of aromatic amines is 1. The number of nitrogens with zero attached hydrogens (tertiary/aromatic N) is 4. The van der Waals surface area contributed by atoms with Crippen molar-refractivity contribution in [1.82, 2.24) is 19.7 Å². The highest BCUT2D eigenvalue weighted by atomic mass is 19.1. The number of rotatable bonds is 5. The van der Waals surface area contributed by atoms with Crippen LogP contribution in [-0.2, 0) is 11.2 Å². The summed E-state index contributed by atoms with van der Waals surface area (Å²) in [4.78, 5) is 26.3. The molecule has 0 spiro atoms. The maximum Gasteiger partial charge on any atom is 0.348 e. The largest absolute Gasteiger partial charge is 0.348 e. The molecule has 0 radical (unpaired) electrons. The molecule has 0 unspecified atom stereocenters. The summed E-state index contributed by atoms with van der Waals surface area (Å²) in [7, 11) is 0. The van der Waals surface area contributed by atoms with Gasteiger partial charge in [-0.25, -0.2) is 18.9 Å². The molecule has 2 aliphatic rings. The molecule has 0 atom stereocenters. The van der Waals surface area contributed by atoms with E-state index in [1.807, 2.05) is 4.90 Å². The van der Waals surface area contributed by atoms with Crippen molar-refractivity contribution in [2.45, 2.75) is 19.3 Å². The van der Waals surface area contributed by atoms with E-state index in [1.54, 1.807) is 36.4 Å². The molecular formula is C23H20FN5O2. The zero-order valence-corrected chi connectivity index (χ0v) is 16.7. The molecule has 1 aliphatic heterocycles. The number of aromatic nitrogens is 3. The third-order valence-corrected chi connectivity index (χ3v) is 5.94. The van der Waals surface area contributed by atoms with Crippen molar-refractivity contribution in [1.29, 1.82) is 5.26 Å². The smallest absolute Gasteiger partial charge is 0.342 e. The van der Waals surface area contributed by atoms with Crippen LogP contribution in [-0.4, -0.2) is 38.7 Å². The molecular weight excluding hydrogens is 397 g/mol. The van der Waals surface area contributed by atoms with E-state index in [0.29, 0.717) is 36.5 Å². The van der Waals surface area contributed by atoms with Gasteiger partial charge in [-0.3, -0.25) is 4.79 Å². The zero-order valence-electron chi connectivity index (χ0n) is 16.7. The lowest BCUT2D eigenvalue weighted by atomic mass is 9.95. The van der Waals surface area contributed by atoms with Gasteiger partial charge >= 0.3 is 5.69 Å². The van der Waals surface area contributed by atoms with Gasteiger partial charge in [0.2, 0.25) is 5.91 Å². The van der Waals surface area contributed by atoms with Crippen LogP contribution in [0.25, 0.3) is 16.8 Å². The Labute approximate surface area is 177 Å². The molecule has 2 aromatic carbocycles. The Bertz CT molecular complexity index is 1240. The van der Waals surface area contributed by atoms with Crippen LogP contribution in [0.15, 0.2) is 47.3 Å². The summed E-state index contributed by atoms with van der Waals surface area (Å²) >= 11 is 0. The Morgan fingerprint density at radius 3 is 2.52 bits per heavy atom. The van der Waals surface area contributed by atoms with Crippen LogP contribution in [0.5, 0.6) is 0 Å². The van der Waals surface area contributed by atoms with E-state index < -0.39 is 11.5 Å². The number of likely N-dealkylation sites (tertiary alicyclic amines) is 1. The fraction of sp³-hybridized carbons (Fsp3) is 0.304. The number of hydrogen-bond acceptors (Lipinski definition) is 4. The molecule has 1 aliphatic carbocycles. The minimum atomic E-state index is -0.536. The predicted molar refractivity (Wildman–Crippen MR) is 111 cm³/mol. The Morgan fingerprint density at radius 1 is 1.16 bits per heavy atom. The van der Waals surface area contributed by atoms with E-state index in [1.165, 1.54) is 10.6 Å². The van der Waals surface area contributed by atoms with Gasteiger partial charge in [0.1, 0.15) is 11.6 Å². The summed E-state index contributed by atoms with van der Waals surface area (Å²) in [6.45, 7) is 1.30. The molecule has 2 heterocycles. The molecule has 2 fully saturated rings. The monoisotopic (exact) mass is 417 g/mol. The van der Waals surface area contributed by atoms with E-state index >= 15 is 0 Å². The van der Waals surface area contributed by atoms with Crippen LogP contribution in [0.3, 0.4) is 0 Å². The van der Waals surface area contributed by atoms with Gasteiger partial charge in [-0.05, 0) is 48.2 Å². The standard InChI is InChI=1S/C23H20FN5O2/c24-19-10-18(16-3-1-14(11-25)2-4-16)7-8-20(19)29-21(26-27-23(29)31)9-15-12-28(13-15)22(30)17-5-6-17/h1-4,7-8,10,15,17H,5-6,9,12-13H2,(H,27,31). The van der Waals surface area contributed by atoms with Crippen molar-refractivity contribution < 1.29 is 9.18 Å². The molecule has 1 saturated carbocycles. The molecule has 3 aromatic rings. The predicted octanol–water partition coefficient (Wildman–Crippen LogP) is 2.65. The normalized spacial score (nSPS) is 16.1. The minimum Gasteiger partial charge on any atom is -0.342 e. The second kappa shape index (κ2) is 7.51. The van der Waals surface area contributed by atoms with Gasteiger partial charge in [0, 0.05) is 31.3 Å².